The second-order valence-corrected chi connectivity index (χ2v) is 6.96. The van der Waals surface area contributed by atoms with Crippen molar-refractivity contribution in [2.24, 2.45) is 5.92 Å². The van der Waals surface area contributed by atoms with Crippen LogP contribution in [0, 0.1) is 5.92 Å². The molecule has 6 heteroatoms. The molecule has 1 saturated heterocycles. The van der Waals surface area contributed by atoms with Gasteiger partial charge < -0.3 is 14.4 Å². The van der Waals surface area contributed by atoms with Gasteiger partial charge in [0.15, 0.2) is 5.82 Å². The van der Waals surface area contributed by atoms with Gasteiger partial charge in [-0.25, -0.2) is 4.98 Å². The van der Waals surface area contributed by atoms with E-state index >= 15 is 0 Å². The normalized spacial score (nSPS) is 15.2. The summed E-state index contributed by atoms with van der Waals surface area (Å²) in [5, 5.41) is 0. The van der Waals surface area contributed by atoms with E-state index in [0.717, 1.165) is 11.0 Å². The highest BCUT2D eigenvalue weighted by atomic mass is 16.2. The average Bonchev–Trinajstić information content (AvgIpc) is 2.63. The number of nitrogens with zero attached hydrogens (tertiary/aromatic N) is 4. The molecule has 0 unspecified atom stereocenters. The zero-order chi connectivity index (χ0) is 18.0. The van der Waals surface area contributed by atoms with Crippen LogP contribution in [0.5, 0.6) is 0 Å². The SMILES string of the molecule is CCC(=O)N1CCN(c2nc3ccccc3n(CC(C)C)c2=O)CC1. The Morgan fingerprint density at radius 3 is 2.48 bits per heavy atom. The van der Waals surface area contributed by atoms with Crippen molar-refractivity contribution in [1.82, 2.24) is 14.5 Å². The zero-order valence-electron chi connectivity index (χ0n) is 15.2. The molecule has 0 N–H and O–H groups in total. The van der Waals surface area contributed by atoms with Crippen LogP contribution in [-0.2, 0) is 11.3 Å². The summed E-state index contributed by atoms with van der Waals surface area (Å²) in [6.45, 7) is 9.35. The number of anilines is 1. The van der Waals surface area contributed by atoms with Crippen LogP contribution in [0.4, 0.5) is 5.82 Å². The van der Waals surface area contributed by atoms with E-state index in [1.54, 1.807) is 0 Å². The van der Waals surface area contributed by atoms with Crippen LogP contribution in [0.3, 0.4) is 0 Å². The third-order valence-corrected chi connectivity index (χ3v) is 4.62. The summed E-state index contributed by atoms with van der Waals surface area (Å²) in [4.78, 5) is 33.5. The summed E-state index contributed by atoms with van der Waals surface area (Å²) in [5.41, 5.74) is 1.68. The molecule has 25 heavy (non-hydrogen) atoms. The second-order valence-electron chi connectivity index (χ2n) is 6.96. The molecule has 1 aliphatic heterocycles. The quantitative estimate of drug-likeness (QED) is 0.854. The number of para-hydroxylation sites is 2. The van der Waals surface area contributed by atoms with E-state index in [2.05, 4.69) is 18.8 Å². The number of carbonyl (C=O) groups is 1. The number of rotatable bonds is 4. The maximum Gasteiger partial charge on any atom is 0.294 e. The van der Waals surface area contributed by atoms with Gasteiger partial charge in [0.1, 0.15) is 0 Å². The lowest BCUT2D eigenvalue weighted by Gasteiger charge is -2.35. The Kier molecular flexibility index (Phi) is 5.06. The largest absolute Gasteiger partial charge is 0.348 e. The predicted octanol–water partition coefficient (Wildman–Crippen LogP) is 2.11. The van der Waals surface area contributed by atoms with Crippen LogP contribution >= 0.6 is 0 Å². The lowest BCUT2D eigenvalue weighted by atomic mass is 10.2. The first kappa shape index (κ1) is 17.5. The van der Waals surface area contributed by atoms with Crippen LogP contribution in [0.1, 0.15) is 27.2 Å². The fraction of sp³-hybridized carbons (Fsp3) is 0.526. The third-order valence-electron chi connectivity index (χ3n) is 4.62. The summed E-state index contributed by atoms with van der Waals surface area (Å²) >= 11 is 0. The summed E-state index contributed by atoms with van der Waals surface area (Å²) in [7, 11) is 0. The molecular formula is C19H26N4O2. The van der Waals surface area contributed by atoms with E-state index in [1.807, 2.05) is 45.6 Å². The molecule has 0 bridgehead atoms. The van der Waals surface area contributed by atoms with Crippen molar-refractivity contribution in [3.63, 3.8) is 0 Å². The number of piperazine rings is 1. The Labute approximate surface area is 148 Å². The lowest BCUT2D eigenvalue weighted by molar-refractivity contribution is -0.131. The lowest BCUT2D eigenvalue weighted by Crippen LogP contribution is -2.50. The van der Waals surface area contributed by atoms with Gasteiger partial charge in [-0.05, 0) is 18.1 Å². The molecule has 0 atom stereocenters. The number of aromatic nitrogens is 2. The van der Waals surface area contributed by atoms with Gasteiger partial charge >= 0.3 is 0 Å². The van der Waals surface area contributed by atoms with E-state index < -0.39 is 0 Å². The van der Waals surface area contributed by atoms with Crippen molar-refractivity contribution in [2.75, 3.05) is 31.1 Å². The molecule has 1 aliphatic rings. The van der Waals surface area contributed by atoms with Gasteiger partial charge in [-0.2, -0.15) is 0 Å². The highest BCUT2D eigenvalue weighted by molar-refractivity contribution is 5.77. The molecule has 134 valence electrons. The van der Waals surface area contributed by atoms with Crippen molar-refractivity contribution < 1.29 is 4.79 Å². The summed E-state index contributed by atoms with van der Waals surface area (Å²) in [6.07, 6.45) is 0.523. The molecule has 1 fully saturated rings. The van der Waals surface area contributed by atoms with Crippen molar-refractivity contribution in [3.8, 4) is 0 Å². The molecule has 2 heterocycles. The second kappa shape index (κ2) is 7.25. The minimum absolute atomic E-state index is 0.0392. The third kappa shape index (κ3) is 3.52. The fourth-order valence-corrected chi connectivity index (χ4v) is 3.32. The van der Waals surface area contributed by atoms with E-state index in [1.165, 1.54) is 0 Å². The molecule has 3 rings (SSSR count). The fourth-order valence-electron chi connectivity index (χ4n) is 3.32. The topological polar surface area (TPSA) is 58.4 Å². The number of hydrogen-bond acceptors (Lipinski definition) is 4. The van der Waals surface area contributed by atoms with Gasteiger partial charge in [0, 0.05) is 39.1 Å². The van der Waals surface area contributed by atoms with E-state index in [-0.39, 0.29) is 11.5 Å². The summed E-state index contributed by atoms with van der Waals surface area (Å²) < 4.78 is 1.84. The first-order valence-corrected chi connectivity index (χ1v) is 9.03. The smallest absolute Gasteiger partial charge is 0.294 e. The number of fused-ring (bicyclic) bond motifs is 1. The molecule has 1 amide bonds. The Balaban J connectivity index is 1.96. The Hall–Kier alpha value is -2.37. The minimum atomic E-state index is -0.0392. The minimum Gasteiger partial charge on any atom is -0.348 e. The molecule has 6 nitrogen and oxygen atoms in total. The van der Waals surface area contributed by atoms with Gasteiger partial charge in [-0.1, -0.05) is 32.9 Å². The maximum absolute atomic E-state index is 13.1. The van der Waals surface area contributed by atoms with E-state index in [4.69, 9.17) is 0 Å². The van der Waals surface area contributed by atoms with Crippen molar-refractivity contribution >= 4 is 22.8 Å². The standard InChI is InChI=1S/C19H26N4O2/c1-4-17(24)21-9-11-22(12-10-21)18-19(25)23(13-14(2)3)16-8-6-5-7-15(16)20-18/h5-8,14H,4,9-13H2,1-3H3. The van der Waals surface area contributed by atoms with Crippen LogP contribution in [0.15, 0.2) is 29.1 Å². The van der Waals surface area contributed by atoms with E-state index in [0.29, 0.717) is 50.9 Å². The Morgan fingerprint density at radius 2 is 1.84 bits per heavy atom. The molecule has 1 aromatic carbocycles. The van der Waals surface area contributed by atoms with E-state index in [9.17, 15) is 9.59 Å². The van der Waals surface area contributed by atoms with Gasteiger partial charge in [0.05, 0.1) is 11.0 Å². The van der Waals surface area contributed by atoms with Crippen LogP contribution in [-0.4, -0.2) is 46.5 Å². The zero-order valence-corrected chi connectivity index (χ0v) is 15.2. The predicted molar refractivity (Wildman–Crippen MR) is 99.9 cm³/mol. The van der Waals surface area contributed by atoms with Crippen molar-refractivity contribution in [3.05, 3.63) is 34.6 Å². The van der Waals surface area contributed by atoms with Crippen LogP contribution < -0.4 is 10.5 Å². The number of benzene rings is 1. The van der Waals surface area contributed by atoms with Gasteiger partial charge in [-0.3, -0.25) is 9.59 Å². The van der Waals surface area contributed by atoms with Gasteiger partial charge in [-0.15, -0.1) is 0 Å². The highest BCUT2D eigenvalue weighted by Gasteiger charge is 2.24. The maximum atomic E-state index is 13.1. The van der Waals surface area contributed by atoms with Crippen LogP contribution in [0.2, 0.25) is 0 Å². The summed E-state index contributed by atoms with van der Waals surface area (Å²) in [6, 6.07) is 7.79. The number of amides is 1. The molecule has 0 spiro atoms. The monoisotopic (exact) mass is 342 g/mol. The average molecular weight is 342 g/mol. The van der Waals surface area contributed by atoms with Gasteiger partial charge in [0.25, 0.3) is 5.56 Å². The molecule has 0 aliphatic carbocycles. The molecule has 0 saturated carbocycles. The Morgan fingerprint density at radius 1 is 1.16 bits per heavy atom. The first-order valence-electron chi connectivity index (χ1n) is 9.03. The molecule has 2 aromatic rings. The van der Waals surface area contributed by atoms with Crippen LogP contribution in [0.25, 0.3) is 11.0 Å². The molecule has 1 aromatic heterocycles. The molecular weight excluding hydrogens is 316 g/mol. The first-order chi connectivity index (χ1) is 12.0. The summed E-state index contributed by atoms with van der Waals surface area (Å²) in [5.74, 6) is 1.04. The molecule has 0 radical (unpaired) electrons. The van der Waals surface area contributed by atoms with Crippen molar-refractivity contribution in [1.29, 1.82) is 0 Å². The number of carbonyl (C=O) groups excluding carboxylic acids is 1. The number of hydrogen-bond donors (Lipinski definition) is 0. The highest BCUT2D eigenvalue weighted by Crippen LogP contribution is 2.17. The van der Waals surface area contributed by atoms with Crippen molar-refractivity contribution in [2.45, 2.75) is 33.7 Å². The Bertz CT molecular complexity index is 820. The van der Waals surface area contributed by atoms with Gasteiger partial charge in [0.2, 0.25) is 5.91 Å².